The minimum atomic E-state index is 0.00436. The lowest BCUT2D eigenvalue weighted by molar-refractivity contribution is 0.00109. The van der Waals surface area contributed by atoms with E-state index in [-0.39, 0.29) is 18.2 Å². The van der Waals surface area contributed by atoms with Gasteiger partial charge >= 0.3 is 6.03 Å². The summed E-state index contributed by atoms with van der Waals surface area (Å²) in [5.74, 6) is 0.892. The minimum absolute atomic E-state index is 0.00436. The number of carbonyl (C=O) groups is 1. The van der Waals surface area contributed by atoms with Crippen molar-refractivity contribution in [2.45, 2.75) is 51.8 Å². The van der Waals surface area contributed by atoms with Gasteiger partial charge < -0.3 is 19.7 Å². The first kappa shape index (κ1) is 16.1. The van der Waals surface area contributed by atoms with Crippen molar-refractivity contribution in [3.05, 3.63) is 29.3 Å². The lowest BCUT2D eigenvalue weighted by atomic mass is 10.0. The highest BCUT2D eigenvalue weighted by Gasteiger charge is 2.26. The smallest absolute Gasteiger partial charge is 0.318 e. The number of hydrogen-bond donors (Lipinski definition) is 1. The van der Waals surface area contributed by atoms with Gasteiger partial charge in [0.15, 0.2) is 0 Å². The zero-order valence-corrected chi connectivity index (χ0v) is 14.0. The second-order valence-corrected chi connectivity index (χ2v) is 6.45. The van der Waals surface area contributed by atoms with Gasteiger partial charge in [0.2, 0.25) is 0 Å². The molecule has 2 aliphatic rings. The molecule has 0 aromatic heterocycles. The summed E-state index contributed by atoms with van der Waals surface area (Å²) in [6.07, 6.45) is 3.06. The Morgan fingerprint density at radius 2 is 2.26 bits per heavy atom. The molecule has 0 radical (unpaired) electrons. The first-order valence-corrected chi connectivity index (χ1v) is 8.55. The number of carbonyl (C=O) groups excluding carboxylic acids is 1. The molecule has 0 aliphatic carbocycles. The zero-order chi connectivity index (χ0) is 16.2. The minimum Gasteiger partial charge on any atom is -0.491 e. The molecule has 126 valence electrons. The highest BCUT2D eigenvalue weighted by Crippen LogP contribution is 2.24. The van der Waals surface area contributed by atoms with Crippen LogP contribution in [0.1, 0.15) is 37.3 Å². The number of urea groups is 1. The molecule has 2 heterocycles. The van der Waals surface area contributed by atoms with Gasteiger partial charge in [-0.25, -0.2) is 4.79 Å². The SMILES string of the molecule is CCC1CC(NC(=O)N2CCOc3ccc(C)cc3C2)CCO1. The predicted molar refractivity (Wildman–Crippen MR) is 88.7 cm³/mol. The lowest BCUT2D eigenvalue weighted by Gasteiger charge is -2.31. The van der Waals surface area contributed by atoms with Crippen molar-refractivity contribution in [1.82, 2.24) is 10.2 Å². The zero-order valence-electron chi connectivity index (χ0n) is 14.0. The second kappa shape index (κ2) is 7.21. The van der Waals surface area contributed by atoms with Crippen LogP contribution in [0.2, 0.25) is 0 Å². The Hall–Kier alpha value is -1.75. The molecule has 1 fully saturated rings. The molecule has 5 nitrogen and oxygen atoms in total. The molecule has 0 spiro atoms. The van der Waals surface area contributed by atoms with E-state index in [1.54, 1.807) is 0 Å². The quantitative estimate of drug-likeness (QED) is 0.912. The van der Waals surface area contributed by atoms with E-state index >= 15 is 0 Å². The predicted octanol–water partition coefficient (Wildman–Crippen LogP) is 2.86. The van der Waals surface area contributed by atoms with Gasteiger partial charge in [0, 0.05) is 18.2 Å². The molecule has 0 saturated carbocycles. The van der Waals surface area contributed by atoms with Crippen LogP contribution in [0.4, 0.5) is 4.79 Å². The summed E-state index contributed by atoms with van der Waals surface area (Å²) in [4.78, 5) is 14.5. The van der Waals surface area contributed by atoms with Crippen molar-refractivity contribution in [2.75, 3.05) is 19.8 Å². The van der Waals surface area contributed by atoms with E-state index in [1.165, 1.54) is 5.56 Å². The van der Waals surface area contributed by atoms with Crippen molar-refractivity contribution >= 4 is 6.03 Å². The molecular weight excluding hydrogens is 292 g/mol. The van der Waals surface area contributed by atoms with E-state index in [0.29, 0.717) is 19.7 Å². The molecule has 0 bridgehead atoms. The number of aryl methyl sites for hydroxylation is 1. The average molecular weight is 318 g/mol. The van der Waals surface area contributed by atoms with E-state index in [1.807, 2.05) is 17.0 Å². The third-order valence-corrected chi connectivity index (χ3v) is 4.63. The average Bonchev–Trinajstić information content (AvgIpc) is 2.77. The summed E-state index contributed by atoms with van der Waals surface area (Å²) >= 11 is 0. The summed E-state index contributed by atoms with van der Waals surface area (Å²) in [6.45, 7) is 6.66. The Morgan fingerprint density at radius 1 is 1.39 bits per heavy atom. The fourth-order valence-corrected chi connectivity index (χ4v) is 3.26. The van der Waals surface area contributed by atoms with Crippen LogP contribution < -0.4 is 10.1 Å². The first-order chi connectivity index (χ1) is 11.2. The van der Waals surface area contributed by atoms with Gasteiger partial charge in [-0.2, -0.15) is 0 Å². The fourth-order valence-electron chi connectivity index (χ4n) is 3.26. The van der Waals surface area contributed by atoms with E-state index < -0.39 is 0 Å². The number of nitrogens with zero attached hydrogens (tertiary/aromatic N) is 1. The molecular formula is C18H26N2O3. The van der Waals surface area contributed by atoms with Crippen LogP contribution in [0.5, 0.6) is 5.75 Å². The monoisotopic (exact) mass is 318 g/mol. The Balaban J connectivity index is 1.63. The number of amides is 2. The third-order valence-electron chi connectivity index (χ3n) is 4.63. The lowest BCUT2D eigenvalue weighted by Crippen LogP contribution is -2.48. The van der Waals surface area contributed by atoms with Crippen LogP contribution >= 0.6 is 0 Å². The van der Waals surface area contributed by atoms with Crippen molar-refractivity contribution < 1.29 is 14.3 Å². The van der Waals surface area contributed by atoms with Crippen molar-refractivity contribution in [3.8, 4) is 5.75 Å². The van der Waals surface area contributed by atoms with E-state index in [9.17, 15) is 4.79 Å². The molecule has 23 heavy (non-hydrogen) atoms. The molecule has 1 aromatic rings. The maximum absolute atomic E-state index is 12.6. The summed E-state index contributed by atoms with van der Waals surface area (Å²) in [5, 5.41) is 3.18. The summed E-state index contributed by atoms with van der Waals surface area (Å²) in [6, 6.07) is 6.35. The van der Waals surface area contributed by atoms with Crippen LogP contribution in [-0.2, 0) is 11.3 Å². The van der Waals surface area contributed by atoms with E-state index in [2.05, 4.69) is 25.2 Å². The van der Waals surface area contributed by atoms with Gasteiger partial charge in [-0.3, -0.25) is 0 Å². The van der Waals surface area contributed by atoms with Crippen LogP contribution in [0.15, 0.2) is 18.2 Å². The summed E-state index contributed by atoms with van der Waals surface area (Å²) < 4.78 is 11.4. The number of rotatable bonds is 2. The van der Waals surface area contributed by atoms with E-state index in [4.69, 9.17) is 9.47 Å². The van der Waals surface area contributed by atoms with Crippen molar-refractivity contribution in [3.63, 3.8) is 0 Å². The standard InChI is InChI=1S/C18H26N2O3/c1-3-16-11-15(6-8-22-16)19-18(21)20-7-9-23-17-5-4-13(2)10-14(17)12-20/h4-5,10,15-16H,3,6-9,11-12H2,1-2H3,(H,19,21). The van der Waals surface area contributed by atoms with Gasteiger partial charge in [0.1, 0.15) is 12.4 Å². The van der Waals surface area contributed by atoms with Gasteiger partial charge in [-0.05, 0) is 32.3 Å². The molecule has 2 aliphatic heterocycles. The summed E-state index contributed by atoms with van der Waals surface area (Å²) in [5.41, 5.74) is 2.26. The van der Waals surface area contributed by atoms with E-state index in [0.717, 1.165) is 37.2 Å². The Kier molecular flexibility index (Phi) is 5.06. The van der Waals surface area contributed by atoms with Crippen LogP contribution in [-0.4, -0.2) is 42.8 Å². The maximum atomic E-state index is 12.6. The topological polar surface area (TPSA) is 50.8 Å². The number of fused-ring (bicyclic) bond motifs is 1. The molecule has 1 N–H and O–H groups in total. The highest BCUT2D eigenvalue weighted by molar-refractivity contribution is 5.74. The number of hydrogen-bond acceptors (Lipinski definition) is 3. The largest absolute Gasteiger partial charge is 0.491 e. The molecule has 1 aromatic carbocycles. The Labute approximate surface area is 137 Å². The Morgan fingerprint density at radius 3 is 3.09 bits per heavy atom. The maximum Gasteiger partial charge on any atom is 0.318 e. The molecule has 1 saturated heterocycles. The van der Waals surface area contributed by atoms with Gasteiger partial charge in [-0.1, -0.05) is 24.6 Å². The van der Waals surface area contributed by atoms with Crippen molar-refractivity contribution in [1.29, 1.82) is 0 Å². The van der Waals surface area contributed by atoms with Crippen molar-refractivity contribution in [2.24, 2.45) is 0 Å². The van der Waals surface area contributed by atoms with Gasteiger partial charge in [0.05, 0.1) is 19.2 Å². The number of benzene rings is 1. The Bertz CT molecular complexity index is 561. The van der Waals surface area contributed by atoms with Crippen LogP contribution in [0, 0.1) is 6.92 Å². The van der Waals surface area contributed by atoms with Crippen LogP contribution in [0.25, 0.3) is 0 Å². The third kappa shape index (κ3) is 3.96. The number of ether oxygens (including phenoxy) is 2. The molecule has 2 unspecified atom stereocenters. The second-order valence-electron chi connectivity index (χ2n) is 6.45. The molecule has 2 amide bonds. The molecule has 2 atom stereocenters. The highest BCUT2D eigenvalue weighted by atomic mass is 16.5. The molecule has 5 heteroatoms. The summed E-state index contributed by atoms with van der Waals surface area (Å²) in [7, 11) is 0. The van der Waals surface area contributed by atoms with Gasteiger partial charge in [-0.15, -0.1) is 0 Å². The first-order valence-electron chi connectivity index (χ1n) is 8.55. The normalized spacial score (nSPS) is 24.3. The molecule has 3 rings (SSSR count). The van der Waals surface area contributed by atoms with Crippen LogP contribution in [0.3, 0.4) is 0 Å². The number of nitrogens with one attached hydrogen (secondary N) is 1. The fraction of sp³-hybridized carbons (Fsp3) is 0.611. The van der Waals surface area contributed by atoms with Gasteiger partial charge in [0.25, 0.3) is 0 Å².